The zero-order chi connectivity index (χ0) is 10.1. The van der Waals surface area contributed by atoms with E-state index in [1.54, 1.807) is 6.07 Å². The summed E-state index contributed by atoms with van der Waals surface area (Å²) in [5.74, 6) is 0.0170. The van der Waals surface area contributed by atoms with Crippen molar-refractivity contribution >= 4 is 10.9 Å². The summed E-state index contributed by atoms with van der Waals surface area (Å²) in [5.41, 5.74) is 1.43. The summed E-state index contributed by atoms with van der Waals surface area (Å²) < 4.78 is 0. The Hall–Kier alpha value is -1.77. The van der Waals surface area contributed by atoms with Gasteiger partial charge in [-0.25, -0.2) is 0 Å². The Morgan fingerprint density at radius 2 is 2.14 bits per heavy atom. The smallest absolute Gasteiger partial charge is 0.189 e. The fraction of sp³-hybridized carbons (Fsp3) is 0.182. The zero-order valence-electron chi connectivity index (χ0n) is 7.82. The van der Waals surface area contributed by atoms with Gasteiger partial charge in [-0.15, -0.1) is 0 Å². The highest BCUT2D eigenvalue weighted by molar-refractivity contribution is 5.86. The van der Waals surface area contributed by atoms with E-state index in [2.05, 4.69) is 4.98 Å². The largest absolute Gasteiger partial charge is 0.508 e. The minimum atomic E-state index is -0.0808. The van der Waals surface area contributed by atoms with Gasteiger partial charge in [0.15, 0.2) is 5.75 Å². The maximum atomic E-state index is 11.6. The fourth-order valence-electron chi connectivity index (χ4n) is 1.42. The minimum Gasteiger partial charge on any atom is -0.508 e. The Balaban J connectivity index is 2.76. The van der Waals surface area contributed by atoms with Gasteiger partial charge in [-0.1, -0.05) is 6.92 Å². The van der Waals surface area contributed by atoms with Crippen LogP contribution in [0.2, 0.25) is 0 Å². The van der Waals surface area contributed by atoms with Gasteiger partial charge < -0.3 is 5.11 Å². The van der Waals surface area contributed by atoms with Gasteiger partial charge in [0, 0.05) is 11.8 Å². The molecule has 3 nitrogen and oxygen atoms in total. The molecule has 1 radical (unpaired) electrons. The number of fused-ring (bicyclic) bond motifs is 1. The number of aryl methyl sites for hydroxylation is 1. The SMILES string of the molecule is CCc1cc([O])c2cc(O)ccc2n1. The molecular weight excluding hydrogens is 178 g/mol. The summed E-state index contributed by atoms with van der Waals surface area (Å²) in [7, 11) is 0. The Labute approximate surface area is 81.7 Å². The molecule has 1 aromatic heterocycles. The number of hydrogen-bond acceptors (Lipinski definition) is 2. The Bertz CT molecular complexity index is 480. The first-order valence-corrected chi connectivity index (χ1v) is 4.50. The topological polar surface area (TPSA) is 53.0 Å². The van der Waals surface area contributed by atoms with E-state index in [1.807, 2.05) is 6.92 Å². The minimum absolute atomic E-state index is 0.0808. The number of aromatic nitrogens is 1. The molecule has 2 rings (SSSR count). The third-order valence-corrected chi connectivity index (χ3v) is 2.17. The number of rotatable bonds is 1. The average Bonchev–Trinajstić information content (AvgIpc) is 2.19. The van der Waals surface area contributed by atoms with Crippen LogP contribution in [0.25, 0.3) is 10.9 Å². The van der Waals surface area contributed by atoms with E-state index < -0.39 is 0 Å². The van der Waals surface area contributed by atoms with Gasteiger partial charge >= 0.3 is 0 Å². The van der Waals surface area contributed by atoms with Crippen LogP contribution in [0.4, 0.5) is 0 Å². The van der Waals surface area contributed by atoms with Crippen molar-refractivity contribution < 1.29 is 10.2 Å². The molecule has 0 atom stereocenters. The number of pyridine rings is 1. The van der Waals surface area contributed by atoms with Crippen LogP contribution in [-0.4, -0.2) is 10.1 Å². The first kappa shape index (κ1) is 8.81. The van der Waals surface area contributed by atoms with Crippen molar-refractivity contribution in [1.29, 1.82) is 0 Å². The highest BCUT2D eigenvalue weighted by Crippen LogP contribution is 2.27. The van der Waals surface area contributed by atoms with Crippen molar-refractivity contribution in [1.82, 2.24) is 4.98 Å². The summed E-state index contributed by atoms with van der Waals surface area (Å²) in [6, 6.07) is 6.16. The number of nitrogens with zero attached hydrogens (tertiary/aromatic N) is 1. The number of hydrogen-bond donors (Lipinski definition) is 1. The second kappa shape index (κ2) is 3.18. The van der Waals surface area contributed by atoms with Gasteiger partial charge in [0.1, 0.15) is 5.75 Å². The van der Waals surface area contributed by atoms with E-state index in [0.717, 1.165) is 12.1 Å². The molecule has 1 N–H and O–H groups in total. The third kappa shape index (κ3) is 1.37. The first-order chi connectivity index (χ1) is 6.70. The maximum absolute atomic E-state index is 11.6. The van der Waals surface area contributed by atoms with Gasteiger partial charge in [0.05, 0.1) is 10.9 Å². The Morgan fingerprint density at radius 1 is 1.36 bits per heavy atom. The number of benzene rings is 1. The molecule has 0 unspecified atom stereocenters. The summed E-state index contributed by atoms with van der Waals surface area (Å²) in [6.45, 7) is 1.95. The van der Waals surface area contributed by atoms with Gasteiger partial charge in [-0.2, -0.15) is 0 Å². The predicted octanol–water partition coefficient (Wildman–Crippen LogP) is 2.65. The lowest BCUT2D eigenvalue weighted by Crippen LogP contribution is -1.87. The zero-order valence-corrected chi connectivity index (χ0v) is 7.82. The van der Waals surface area contributed by atoms with Crippen molar-refractivity contribution in [2.45, 2.75) is 13.3 Å². The van der Waals surface area contributed by atoms with Crippen LogP contribution in [-0.2, 0) is 11.5 Å². The molecule has 0 aliphatic rings. The second-order valence-electron chi connectivity index (χ2n) is 3.17. The Kier molecular flexibility index (Phi) is 2.00. The summed E-state index contributed by atoms with van der Waals surface area (Å²) in [5, 5.41) is 21.2. The van der Waals surface area contributed by atoms with Crippen LogP contribution in [0.3, 0.4) is 0 Å². The van der Waals surface area contributed by atoms with Crippen molar-refractivity contribution in [3.63, 3.8) is 0 Å². The third-order valence-electron chi connectivity index (χ3n) is 2.17. The molecule has 0 saturated heterocycles. The second-order valence-corrected chi connectivity index (χ2v) is 3.17. The highest BCUT2D eigenvalue weighted by Gasteiger charge is 2.05. The van der Waals surface area contributed by atoms with Crippen LogP contribution in [0, 0.1) is 0 Å². The van der Waals surface area contributed by atoms with Crippen LogP contribution < -0.4 is 0 Å². The van der Waals surface area contributed by atoms with E-state index >= 15 is 0 Å². The maximum Gasteiger partial charge on any atom is 0.189 e. The molecule has 0 bridgehead atoms. The van der Waals surface area contributed by atoms with Crippen molar-refractivity contribution in [2.24, 2.45) is 0 Å². The van der Waals surface area contributed by atoms with E-state index in [-0.39, 0.29) is 11.5 Å². The molecule has 14 heavy (non-hydrogen) atoms. The van der Waals surface area contributed by atoms with Crippen molar-refractivity contribution in [3.8, 4) is 11.5 Å². The first-order valence-electron chi connectivity index (χ1n) is 4.50. The molecule has 0 amide bonds. The van der Waals surface area contributed by atoms with Crippen LogP contribution in [0.15, 0.2) is 24.3 Å². The molecule has 71 valence electrons. The summed E-state index contributed by atoms with van der Waals surface area (Å²) in [4.78, 5) is 4.28. The molecule has 0 saturated carbocycles. The monoisotopic (exact) mass is 188 g/mol. The molecule has 0 fully saturated rings. The summed E-state index contributed by atoms with van der Waals surface area (Å²) in [6.07, 6.45) is 0.742. The molecular formula is C11H10NO2. The number of phenols is 1. The lowest BCUT2D eigenvalue weighted by Gasteiger charge is -2.02. The lowest BCUT2D eigenvalue weighted by molar-refractivity contribution is 0.359. The number of aromatic hydroxyl groups is 1. The average molecular weight is 188 g/mol. The quantitative estimate of drug-likeness (QED) is 0.747. The fourth-order valence-corrected chi connectivity index (χ4v) is 1.42. The van der Waals surface area contributed by atoms with Crippen molar-refractivity contribution in [3.05, 3.63) is 30.0 Å². The molecule has 1 aromatic carbocycles. The molecule has 0 spiro atoms. The van der Waals surface area contributed by atoms with Gasteiger partial charge in [0.25, 0.3) is 0 Å². The van der Waals surface area contributed by atoms with Crippen molar-refractivity contribution in [2.75, 3.05) is 0 Å². The van der Waals surface area contributed by atoms with Crippen LogP contribution in [0.5, 0.6) is 11.5 Å². The van der Waals surface area contributed by atoms with E-state index in [0.29, 0.717) is 10.9 Å². The number of phenolic OH excluding ortho intramolecular Hbond substituents is 1. The molecule has 2 aromatic rings. The predicted molar refractivity (Wildman–Crippen MR) is 52.9 cm³/mol. The molecule has 0 aliphatic heterocycles. The van der Waals surface area contributed by atoms with E-state index in [1.165, 1.54) is 18.2 Å². The van der Waals surface area contributed by atoms with Crippen LogP contribution in [0.1, 0.15) is 12.6 Å². The highest BCUT2D eigenvalue weighted by atomic mass is 16.3. The van der Waals surface area contributed by atoms with Crippen LogP contribution >= 0.6 is 0 Å². The van der Waals surface area contributed by atoms with Gasteiger partial charge in [-0.05, 0) is 24.6 Å². The molecule has 1 heterocycles. The van der Waals surface area contributed by atoms with E-state index in [9.17, 15) is 10.2 Å². The molecule has 3 heteroatoms. The lowest BCUT2D eigenvalue weighted by atomic mass is 10.1. The van der Waals surface area contributed by atoms with Gasteiger partial charge in [-0.3, -0.25) is 10.1 Å². The Morgan fingerprint density at radius 3 is 2.86 bits per heavy atom. The standard InChI is InChI=1S/C11H10NO2/c1-2-7-5-11(14)9-6-8(13)3-4-10(9)12-7/h3-6,13H,2H2,1H3. The molecule has 0 aliphatic carbocycles. The normalized spacial score (nSPS) is 10.6. The summed E-state index contributed by atoms with van der Waals surface area (Å²) >= 11 is 0. The van der Waals surface area contributed by atoms with Gasteiger partial charge in [0.2, 0.25) is 0 Å². The van der Waals surface area contributed by atoms with E-state index in [4.69, 9.17) is 0 Å².